The van der Waals surface area contributed by atoms with Gasteiger partial charge in [-0.2, -0.15) is 0 Å². The largest absolute Gasteiger partial charge is 0.312 e. The first-order valence-electron chi connectivity index (χ1n) is 7.92. The molecule has 1 N–H and O–H groups in total. The molecule has 0 radical (unpaired) electrons. The standard InChI is InChI=1S/C19H24N2/c1-20-19(15-21-13-5-6-14-21)18-11-9-17(10-12-18)16-7-3-2-4-8-16/h2-4,7-12,19-20H,5-6,13-15H2,1H3/t19-/m0/s1. The molecule has 1 atom stereocenters. The lowest BCUT2D eigenvalue weighted by Gasteiger charge is -2.23. The van der Waals surface area contributed by atoms with Crippen LogP contribution in [0.1, 0.15) is 24.4 Å². The maximum atomic E-state index is 3.46. The monoisotopic (exact) mass is 280 g/mol. The molecule has 2 aromatic rings. The van der Waals surface area contributed by atoms with Crippen LogP contribution in [-0.2, 0) is 0 Å². The molecule has 1 aliphatic rings. The van der Waals surface area contributed by atoms with Gasteiger partial charge in [0.25, 0.3) is 0 Å². The van der Waals surface area contributed by atoms with Crippen molar-refractivity contribution in [3.8, 4) is 11.1 Å². The summed E-state index contributed by atoms with van der Waals surface area (Å²) in [6, 6.07) is 20.0. The maximum absolute atomic E-state index is 3.46. The van der Waals surface area contributed by atoms with Crippen molar-refractivity contribution < 1.29 is 0 Å². The second-order valence-electron chi connectivity index (χ2n) is 5.84. The van der Waals surface area contributed by atoms with Gasteiger partial charge in [-0.25, -0.2) is 0 Å². The van der Waals surface area contributed by atoms with E-state index in [1.807, 2.05) is 0 Å². The fourth-order valence-corrected chi connectivity index (χ4v) is 3.13. The smallest absolute Gasteiger partial charge is 0.0446 e. The van der Waals surface area contributed by atoms with Crippen LogP contribution >= 0.6 is 0 Å². The van der Waals surface area contributed by atoms with Gasteiger partial charge < -0.3 is 10.2 Å². The van der Waals surface area contributed by atoms with E-state index in [1.54, 1.807) is 0 Å². The molecule has 0 unspecified atom stereocenters. The van der Waals surface area contributed by atoms with E-state index >= 15 is 0 Å². The molecule has 0 bridgehead atoms. The molecule has 0 aromatic heterocycles. The molecule has 21 heavy (non-hydrogen) atoms. The number of nitrogens with zero attached hydrogens (tertiary/aromatic N) is 1. The molecular weight excluding hydrogens is 256 g/mol. The van der Waals surface area contributed by atoms with E-state index in [0.717, 1.165) is 6.54 Å². The summed E-state index contributed by atoms with van der Waals surface area (Å²) in [7, 11) is 2.06. The molecule has 3 rings (SSSR count). The molecule has 0 amide bonds. The Morgan fingerprint density at radius 1 is 0.905 bits per heavy atom. The third-order valence-corrected chi connectivity index (χ3v) is 4.41. The molecule has 1 saturated heterocycles. The van der Waals surface area contributed by atoms with Crippen LogP contribution in [0.5, 0.6) is 0 Å². The normalized spacial score (nSPS) is 17.0. The highest BCUT2D eigenvalue weighted by Gasteiger charge is 2.17. The van der Waals surface area contributed by atoms with Gasteiger partial charge in [-0.05, 0) is 49.7 Å². The van der Waals surface area contributed by atoms with E-state index in [9.17, 15) is 0 Å². The molecule has 0 spiro atoms. The summed E-state index contributed by atoms with van der Waals surface area (Å²) in [4.78, 5) is 2.56. The van der Waals surface area contributed by atoms with Crippen LogP contribution in [0.25, 0.3) is 11.1 Å². The van der Waals surface area contributed by atoms with Crippen LogP contribution in [-0.4, -0.2) is 31.6 Å². The van der Waals surface area contributed by atoms with E-state index in [1.165, 1.54) is 42.6 Å². The SMILES string of the molecule is CN[C@@H](CN1CCCC1)c1ccc(-c2ccccc2)cc1. The van der Waals surface area contributed by atoms with Gasteiger partial charge in [0.05, 0.1) is 0 Å². The van der Waals surface area contributed by atoms with Crippen molar-refractivity contribution in [2.45, 2.75) is 18.9 Å². The van der Waals surface area contributed by atoms with Crippen molar-refractivity contribution >= 4 is 0 Å². The van der Waals surface area contributed by atoms with E-state index < -0.39 is 0 Å². The molecule has 0 saturated carbocycles. The second kappa shape index (κ2) is 6.88. The second-order valence-corrected chi connectivity index (χ2v) is 5.84. The topological polar surface area (TPSA) is 15.3 Å². The molecule has 0 aliphatic carbocycles. The summed E-state index contributed by atoms with van der Waals surface area (Å²) >= 11 is 0. The molecule has 110 valence electrons. The predicted molar refractivity (Wildman–Crippen MR) is 89.4 cm³/mol. The third-order valence-electron chi connectivity index (χ3n) is 4.41. The lowest BCUT2D eigenvalue weighted by molar-refractivity contribution is 0.299. The highest BCUT2D eigenvalue weighted by Crippen LogP contribution is 2.23. The quantitative estimate of drug-likeness (QED) is 0.898. The Bertz CT molecular complexity index is 542. The highest BCUT2D eigenvalue weighted by molar-refractivity contribution is 5.63. The van der Waals surface area contributed by atoms with Gasteiger partial charge in [0.2, 0.25) is 0 Å². The van der Waals surface area contributed by atoms with E-state index in [4.69, 9.17) is 0 Å². The van der Waals surface area contributed by atoms with Gasteiger partial charge in [0.15, 0.2) is 0 Å². The van der Waals surface area contributed by atoms with Crippen molar-refractivity contribution in [1.29, 1.82) is 0 Å². The summed E-state index contributed by atoms with van der Waals surface area (Å²) in [5.74, 6) is 0. The van der Waals surface area contributed by atoms with Gasteiger partial charge in [0.1, 0.15) is 0 Å². The lowest BCUT2D eigenvalue weighted by atomic mass is 10.0. The van der Waals surface area contributed by atoms with Crippen LogP contribution < -0.4 is 5.32 Å². The Morgan fingerprint density at radius 3 is 2.14 bits per heavy atom. The maximum Gasteiger partial charge on any atom is 0.0446 e. The number of likely N-dealkylation sites (N-methyl/N-ethyl adjacent to an activating group) is 1. The van der Waals surface area contributed by atoms with Gasteiger partial charge in [-0.1, -0.05) is 54.6 Å². The molecule has 1 aliphatic heterocycles. The van der Waals surface area contributed by atoms with Crippen molar-refractivity contribution in [3.63, 3.8) is 0 Å². The van der Waals surface area contributed by atoms with E-state index in [0.29, 0.717) is 6.04 Å². The fraction of sp³-hybridized carbons (Fsp3) is 0.368. The summed E-state index contributed by atoms with van der Waals surface area (Å²) in [5, 5.41) is 3.46. The van der Waals surface area contributed by atoms with Crippen molar-refractivity contribution in [2.24, 2.45) is 0 Å². The number of rotatable bonds is 5. The Kier molecular flexibility index (Phi) is 4.69. The zero-order chi connectivity index (χ0) is 14.5. The number of benzene rings is 2. The number of hydrogen-bond donors (Lipinski definition) is 1. The Morgan fingerprint density at radius 2 is 1.52 bits per heavy atom. The summed E-state index contributed by atoms with van der Waals surface area (Å²) < 4.78 is 0. The Labute approximate surface area is 127 Å². The summed E-state index contributed by atoms with van der Waals surface area (Å²) in [5.41, 5.74) is 3.95. The first-order valence-corrected chi connectivity index (χ1v) is 7.92. The van der Waals surface area contributed by atoms with Gasteiger partial charge >= 0.3 is 0 Å². The molecule has 2 nitrogen and oxygen atoms in total. The average Bonchev–Trinajstić information content (AvgIpc) is 3.07. The molecular formula is C19H24N2. The van der Waals surface area contributed by atoms with Crippen LogP contribution in [0.2, 0.25) is 0 Å². The molecule has 1 heterocycles. The minimum Gasteiger partial charge on any atom is -0.312 e. The van der Waals surface area contributed by atoms with Crippen LogP contribution in [0.4, 0.5) is 0 Å². The zero-order valence-electron chi connectivity index (χ0n) is 12.8. The van der Waals surface area contributed by atoms with Crippen LogP contribution in [0.15, 0.2) is 54.6 Å². The van der Waals surface area contributed by atoms with Crippen LogP contribution in [0.3, 0.4) is 0 Å². The molecule has 1 fully saturated rings. The summed E-state index contributed by atoms with van der Waals surface area (Å²) in [6.07, 6.45) is 2.70. The zero-order valence-corrected chi connectivity index (χ0v) is 12.8. The number of hydrogen-bond acceptors (Lipinski definition) is 2. The predicted octanol–water partition coefficient (Wildman–Crippen LogP) is 3.71. The minimum atomic E-state index is 0.424. The molecule has 2 heteroatoms. The first kappa shape index (κ1) is 14.3. The van der Waals surface area contributed by atoms with Gasteiger partial charge in [-0.3, -0.25) is 0 Å². The van der Waals surface area contributed by atoms with Gasteiger partial charge in [0, 0.05) is 12.6 Å². The first-order chi connectivity index (χ1) is 10.4. The molecule has 2 aromatic carbocycles. The number of nitrogens with one attached hydrogen (secondary N) is 1. The highest BCUT2D eigenvalue weighted by atomic mass is 15.2. The third kappa shape index (κ3) is 3.52. The van der Waals surface area contributed by atoms with Crippen molar-refractivity contribution in [3.05, 3.63) is 60.2 Å². The fourth-order valence-electron chi connectivity index (χ4n) is 3.13. The average molecular weight is 280 g/mol. The van der Waals surface area contributed by atoms with Gasteiger partial charge in [-0.15, -0.1) is 0 Å². The lowest BCUT2D eigenvalue weighted by Crippen LogP contribution is -2.31. The van der Waals surface area contributed by atoms with Crippen molar-refractivity contribution in [2.75, 3.05) is 26.7 Å². The minimum absolute atomic E-state index is 0.424. The van der Waals surface area contributed by atoms with Crippen molar-refractivity contribution in [1.82, 2.24) is 10.2 Å². The summed E-state index contributed by atoms with van der Waals surface area (Å²) in [6.45, 7) is 3.61. The Balaban J connectivity index is 1.72. The van der Waals surface area contributed by atoms with E-state index in [-0.39, 0.29) is 0 Å². The van der Waals surface area contributed by atoms with E-state index in [2.05, 4.69) is 71.9 Å². The Hall–Kier alpha value is -1.64. The number of likely N-dealkylation sites (tertiary alicyclic amines) is 1. The van der Waals surface area contributed by atoms with Crippen LogP contribution in [0, 0.1) is 0 Å².